The van der Waals surface area contributed by atoms with E-state index in [2.05, 4.69) is 4.98 Å². The summed E-state index contributed by atoms with van der Waals surface area (Å²) in [6.45, 7) is 0. The fourth-order valence-corrected chi connectivity index (χ4v) is 3.47. The Balaban J connectivity index is 2.14. The topological polar surface area (TPSA) is 50.2 Å². The Bertz CT molecular complexity index is 570. The van der Waals surface area contributed by atoms with E-state index in [4.69, 9.17) is 0 Å². The zero-order chi connectivity index (χ0) is 11.9. The van der Waals surface area contributed by atoms with Crippen LogP contribution in [0.3, 0.4) is 0 Å². The van der Waals surface area contributed by atoms with Gasteiger partial charge in [-0.1, -0.05) is 18.9 Å². The standard InChI is InChI=1S/C13H13NO2S/c15-12(16)13(5-1-2-6-13)9-3-4-10-11(7-9)17-8-14-10/h3-4,7-8H,1-2,5-6H2,(H,15,16). The third-order valence-electron chi connectivity index (χ3n) is 3.75. The van der Waals surface area contributed by atoms with E-state index in [1.807, 2.05) is 18.2 Å². The number of benzene rings is 1. The Hall–Kier alpha value is -1.42. The van der Waals surface area contributed by atoms with Gasteiger partial charge >= 0.3 is 5.97 Å². The van der Waals surface area contributed by atoms with E-state index in [0.29, 0.717) is 0 Å². The Morgan fingerprint density at radius 1 is 1.35 bits per heavy atom. The van der Waals surface area contributed by atoms with Gasteiger partial charge in [0.1, 0.15) is 0 Å². The molecule has 1 fully saturated rings. The molecule has 1 heterocycles. The molecule has 0 atom stereocenters. The molecule has 17 heavy (non-hydrogen) atoms. The highest BCUT2D eigenvalue weighted by molar-refractivity contribution is 7.16. The summed E-state index contributed by atoms with van der Waals surface area (Å²) in [6, 6.07) is 5.87. The fraction of sp³-hybridized carbons (Fsp3) is 0.385. The molecule has 1 aliphatic rings. The van der Waals surface area contributed by atoms with Crippen molar-refractivity contribution >= 4 is 27.5 Å². The van der Waals surface area contributed by atoms with Crippen LogP contribution in [0.25, 0.3) is 10.2 Å². The van der Waals surface area contributed by atoms with Crippen LogP contribution in [0.15, 0.2) is 23.7 Å². The minimum atomic E-state index is -0.682. The van der Waals surface area contributed by atoms with E-state index in [-0.39, 0.29) is 0 Å². The molecule has 1 aliphatic carbocycles. The van der Waals surface area contributed by atoms with Crippen molar-refractivity contribution in [3.8, 4) is 0 Å². The lowest BCUT2D eigenvalue weighted by atomic mass is 9.79. The third kappa shape index (κ3) is 1.55. The highest BCUT2D eigenvalue weighted by atomic mass is 32.1. The summed E-state index contributed by atoms with van der Waals surface area (Å²) in [4.78, 5) is 15.8. The molecule has 4 heteroatoms. The number of fused-ring (bicyclic) bond motifs is 1. The number of carboxylic acids is 1. The maximum Gasteiger partial charge on any atom is 0.314 e. The number of carbonyl (C=O) groups is 1. The van der Waals surface area contributed by atoms with Gasteiger partial charge < -0.3 is 5.11 Å². The van der Waals surface area contributed by atoms with E-state index in [1.165, 1.54) is 0 Å². The van der Waals surface area contributed by atoms with Crippen molar-refractivity contribution in [2.75, 3.05) is 0 Å². The molecule has 0 radical (unpaired) electrons. The second-order valence-corrected chi connectivity index (χ2v) is 5.52. The van der Waals surface area contributed by atoms with Gasteiger partial charge in [-0.05, 0) is 30.5 Å². The highest BCUT2D eigenvalue weighted by Gasteiger charge is 2.42. The third-order valence-corrected chi connectivity index (χ3v) is 4.54. The number of hydrogen-bond acceptors (Lipinski definition) is 3. The van der Waals surface area contributed by atoms with E-state index in [9.17, 15) is 9.90 Å². The quantitative estimate of drug-likeness (QED) is 0.886. The van der Waals surface area contributed by atoms with Crippen molar-refractivity contribution in [2.45, 2.75) is 31.1 Å². The van der Waals surface area contributed by atoms with Crippen LogP contribution in [0.1, 0.15) is 31.2 Å². The fourth-order valence-electron chi connectivity index (χ4n) is 2.76. The van der Waals surface area contributed by atoms with Crippen molar-refractivity contribution in [1.82, 2.24) is 4.98 Å². The lowest BCUT2D eigenvalue weighted by Gasteiger charge is -2.24. The second-order valence-electron chi connectivity index (χ2n) is 4.63. The molecule has 1 N–H and O–H groups in total. The molecular weight excluding hydrogens is 234 g/mol. The maximum absolute atomic E-state index is 11.6. The minimum Gasteiger partial charge on any atom is -0.481 e. The molecule has 0 unspecified atom stereocenters. The first-order valence-electron chi connectivity index (χ1n) is 5.79. The van der Waals surface area contributed by atoms with Crippen molar-refractivity contribution in [1.29, 1.82) is 0 Å². The number of nitrogens with zero attached hydrogens (tertiary/aromatic N) is 1. The van der Waals surface area contributed by atoms with Crippen LogP contribution in [0, 0.1) is 0 Å². The molecule has 0 saturated heterocycles. The van der Waals surface area contributed by atoms with E-state index in [0.717, 1.165) is 41.5 Å². The summed E-state index contributed by atoms with van der Waals surface area (Å²) in [7, 11) is 0. The predicted octanol–water partition coefficient (Wildman–Crippen LogP) is 3.19. The normalized spacial score (nSPS) is 18.6. The van der Waals surface area contributed by atoms with Crippen LogP contribution in [-0.2, 0) is 10.2 Å². The molecule has 2 aromatic rings. The van der Waals surface area contributed by atoms with Crippen LogP contribution >= 0.6 is 11.3 Å². The zero-order valence-corrected chi connectivity index (χ0v) is 10.2. The second kappa shape index (κ2) is 3.81. The molecule has 3 rings (SSSR count). The molecule has 0 bridgehead atoms. The minimum absolute atomic E-state index is 0.655. The first-order chi connectivity index (χ1) is 8.22. The van der Waals surface area contributed by atoms with Gasteiger partial charge in [-0.15, -0.1) is 11.3 Å². The highest BCUT2D eigenvalue weighted by Crippen LogP contribution is 2.42. The number of aliphatic carboxylic acids is 1. The molecule has 0 amide bonds. The van der Waals surface area contributed by atoms with Crippen LogP contribution in [0.5, 0.6) is 0 Å². The summed E-state index contributed by atoms with van der Waals surface area (Å²) in [5, 5.41) is 9.53. The smallest absolute Gasteiger partial charge is 0.314 e. The van der Waals surface area contributed by atoms with Crippen molar-refractivity contribution in [2.24, 2.45) is 0 Å². The largest absolute Gasteiger partial charge is 0.481 e. The van der Waals surface area contributed by atoms with Crippen LogP contribution < -0.4 is 0 Å². The van der Waals surface area contributed by atoms with Gasteiger partial charge in [0.15, 0.2) is 0 Å². The average molecular weight is 247 g/mol. The molecule has 0 aliphatic heterocycles. The lowest BCUT2D eigenvalue weighted by Crippen LogP contribution is -2.32. The zero-order valence-electron chi connectivity index (χ0n) is 9.35. The number of rotatable bonds is 2. The Morgan fingerprint density at radius 2 is 2.12 bits per heavy atom. The molecule has 3 nitrogen and oxygen atoms in total. The van der Waals surface area contributed by atoms with Crippen molar-refractivity contribution in [3.63, 3.8) is 0 Å². The molecule has 0 spiro atoms. The molecule has 1 aromatic heterocycles. The van der Waals surface area contributed by atoms with Crippen LogP contribution in [-0.4, -0.2) is 16.1 Å². The number of aromatic nitrogens is 1. The Labute approximate surface area is 103 Å². The Morgan fingerprint density at radius 3 is 2.82 bits per heavy atom. The first-order valence-corrected chi connectivity index (χ1v) is 6.67. The Kier molecular flexibility index (Phi) is 2.40. The average Bonchev–Trinajstić information content (AvgIpc) is 2.97. The van der Waals surface area contributed by atoms with Gasteiger partial charge in [0.25, 0.3) is 0 Å². The maximum atomic E-state index is 11.6. The van der Waals surface area contributed by atoms with Gasteiger partial charge in [0.05, 0.1) is 21.1 Å². The van der Waals surface area contributed by atoms with Gasteiger partial charge in [0.2, 0.25) is 0 Å². The molecule has 88 valence electrons. The number of thiazole rings is 1. The summed E-state index contributed by atoms with van der Waals surface area (Å²) in [5.74, 6) is -0.682. The van der Waals surface area contributed by atoms with Crippen LogP contribution in [0.4, 0.5) is 0 Å². The molecular formula is C13H13NO2S. The lowest BCUT2D eigenvalue weighted by molar-refractivity contribution is -0.143. The van der Waals surface area contributed by atoms with Gasteiger partial charge in [-0.25, -0.2) is 4.98 Å². The number of hydrogen-bond donors (Lipinski definition) is 1. The van der Waals surface area contributed by atoms with Crippen molar-refractivity contribution in [3.05, 3.63) is 29.3 Å². The van der Waals surface area contributed by atoms with Gasteiger partial charge in [0, 0.05) is 0 Å². The van der Waals surface area contributed by atoms with E-state index >= 15 is 0 Å². The summed E-state index contributed by atoms with van der Waals surface area (Å²) in [6.07, 6.45) is 3.53. The molecule has 1 aromatic carbocycles. The first kappa shape index (κ1) is 10.7. The van der Waals surface area contributed by atoms with E-state index < -0.39 is 11.4 Å². The number of carboxylic acid groups (broad SMARTS) is 1. The molecule has 1 saturated carbocycles. The summed E-state index contributed by atoms with van der Waals surface area (Å²) < 4.78 is 1.08. The monoisotopic (exact) mass is 247 g/mol. The predicted molar refractivity (Wildman–Crippen MR) is 67.4 cm³/mol. The summed E-state index contributed by atoms with van der Waals surface area (Å²) in [5.41, 5.74) is 3.05. The van der Waals surface area contributed by atoms with Crippen molar-refractivity contribution < 1.29 is 9.90 Å². The van der Waals surface area contributed by atoms with E-state index in [1.54, 1.807) is 16.8 Å². The SMILES string of the molecule is O=C(O)C1(c2ccc3ncsc3c2)CCCC1. The van der Waals surface area contributed by atoms with Gasteiger partial charge in [-0.2, -0.15) is 0 Å². The van der Waals surface area contributed by atoms with Crippen LogP contribution in [0.2, 0.25) is 0 Å². The van der Waals surface area contributed by atoms with Gasteiger partial charge in [-0.3, -0.25) is 4.79 Å². The summed E-state index contributed by atoms with van der Waals surface area (Å²) >= 11 is 1.57.